The van der Waals surface area contributed by atoms with Gasteiger partial charge >= 0.3 is 0 Å². The largest absolute Gasteiger partial charge is 0.272 e. The molecule has 0 N–H and O–H groups in total. The molecule has 0 spiro atoms. The lowest BCUT2D eigenvalue weighted by Gasteiger charge is -2.01. The van der Waals surface area contributed by atoms with E-state index >= 15 is 0 Å². The predicted molar refractivity (Wildman–Crippen MR) is 55.3 cm³/mol. The van der Waals surface area contributed by atoms with Gasteiger partial charge in [0.2, 0.25) is 0 Å². The second-order valence-electron chi connectivity index (χ2n) is 2.59. The third-order valence-corrected chi connectivity index (χ3v) is 2.06. The maximum absolute atomic E-state index is 11.4. The fraction of sp³-hybridized carbons (Fsp3) is 0. The summed E-state index contributed by atoms with van der Waals surface area (Å²) in [6.45, 7) is 0. The van der Waals surface area contributed by atoms with Crippen LogP contribution in [0.3, 0.4) is 0 Å². The molecule has 2 aromatic heterocycles. The lowest BCUT2D eigenvalue weighted by Crippen LogP contribution is -2.20. The van der Waals surface area contributed by atoms with Crippen LogP contribution in [-0.4, -0.2) is 14.8 Å². The van der Waals surface area contributed by atoms with E-state index in [1.807, 2.05) is 0 Å². The molecule has 0 amide bonds. The monoisotopic (exact) mass is 251 g/mol. The van der Waals surface area contributed by atoms with Gasteiger partial charge in [0.15, 0.2) is 5.82 Å². The van der Waals surface area contributed by atoms with Crippen molar-refractivity contribution >= 4 is 15.9 Å². The second-order valence-corrected chi connectivity index (χ2v) is 3.41. The smallest absolute Gasteiger partial charge is 0.267 e. The minimum absolute atomic E-state index is 0.202. The Morgan fingerprint density at radius 1 is 1.21 bits per heavy atom. The van der Waals surface area contributed by atoms with Crippen molar-refractivity contribution in [2.24, 2.45) is 0 Å². The first-order chi connectivity index (χ1) is 6.77. The van der Waals surface area contributed by atoms with Crippen molar-refractivity contribution in [3.05, 3.63) is 51.5 Å². The first-order valence-corrected chi connectivity index (χ1v) is 4.74. The highest BCUT2D eigenvalue weighted by Crippen LogP contribution is 2.03. The predicted octanol–water partition coefficient (Wildman–Crippen LogP) is 1.39. The van der Waals surface area contributed by atoms with E-state index in [4.69, 9.17) is 0 Å². The molecule has 14 heavy (non-hydrogen) atoms. The van der Waals surface area contributed by atoms with Gasteiger partial charge < -0.3 is 0 Å². The molecule has 2 rings (SSSR count). The van der Waals surface area contributed by atoms with Crippen molar-refractivity contribution < 1.29 is 0 Å². The van der Waals surface area contributed by atoms with Crippen LogP contribution in [0.15, 0.2) is 45.9 Å². The van der Waals surface area contributed by atoms with Gasteiger partial charge in [-0.1, -0.05) is 6.07 Å². The summed E-state index contributed by atoms with van der Waals surface area (Å²) in [5, 5.41) is 4.00. The van der Waals surface area contributed by atoms with E-state index in [1.165, 1.54) is 10.7 Å². The summed E-state index contributed by atoms with van der Waals surface area (Å²) in [4.78, 5) is 15.4. The third-order valence-electron chi connectivity index (χ3n) is 1.63. The summed E-state index contributed by atoms with van der Waals surface area (Å²) in [7, 11) is 0. The van der Waals surface area contributed by atoms with E-state index < -0.39 is 0 Å². The van der Waals surface area contributed by atoms with Crippen LogP contribution in [0.1, 0.15) is 0 Å². The molecular formula is C9H6BrN3O. The number of halogens is 1. The van der Waals surface area contributed by atoms with E-state index in [9.17, 15) is 4.79 Å². The highest BCUT2D eigenvalue weighted by atomic mass is 79.9. The van der Waals surface area contributed by atoms with Gasteiger partial charge in [0.1, 0.15) is 4.60 Å². The summed E-state index contributed by atoms with van der Waals surface area (Å²) >= 11 is 3.19. The molecule has 0 fully saturated rings. The zero-order chi connectivity index (χ0) is 9.97. The Labute approximate surface area is 88.4 Å². The van der Waals surface area contributed by atoms with Crippen LogP contribution >= 0.6 is 15.9 Å². The lowest BCUT2D eigenvalue weighted by atomic mass is 10.4. The van der Waals surface area contributed by atoms with Crippen molar-refractivity contribution in [2.75, 3.05) is 0 Å². The molecule has 0 aliphatic rings. The van der Waals surface area contributed by atoms with Crippen LogP contribution in [0, 0.1) is 0 Å². The van der Waals surface area contributed by atoms with Gasteiger partial charge in [-0.25, -0.2) is 4.98 Å². The van der Waals surface area contributed by atoms with Crippen molar-refractivity contribution in [3.8, 4) is 5.82 Å². The van der Waals surface area contributed by atoms with Crippen LogP contribution in [-0.2, 0) is 0 Å². The van der Waals surface area contributed by atoms with Crippen LogP contribution in [0.5, 0.6) is 0 Å². The molecule has 0 atom stereocenters. The normalized spacial score (nSPS) is 10.1. The summed E-state index contributed by atoms with van der Waals surface area (Å²) in [6.07, 6.45) is 1.62. The standard InChI is InChI=1S/C9H6BrN3O/c10-7-4-5-9(14)13(12-7)8-3-1-2-6-11-8/h1-6H. The topological polar surface area (TPSA) is 47.8 Å². The van der Waals surface area contributed by atoms with Crippen LogP contribution in [0.2, 0.25) is 0 Å². The van der Waals surface area contributed by atoms with E-state index in [2.05, 4.69) is 26.0 Å². The van der Waals surface area contributed by atoms with Crippen molar-refractivity contribution in [2.45, 2.75) is 0 Å². The van der Waals surface area contributed by atoms with Gasteiger partial charge in [-0.15, -0.1) is 0 Å². The van der Waals surface area contributed by atoms with Crippen molar-refractivity contribution in [1.82, 2.24) is 14.8 Å². The Hall–Kier alpha value is -1.49. The molecule has 2 heterocycles. The van der Waals surface area contributed by atoms with Gasteiger partial charge in [-0.05, 0) is 34.1 Å². The SMILES string of the molecule is O=c1ccc(Br)nn1-c1ccccn1. The van der Waals surface area contributed by atoms with Crippen LogP contribution in [0.25, 0.3) is 5.82 Å². The molecule has 0 bridgehead atoms. The average Bonchev–Trinajstić information content (AvgIpc) is 2.23. The molecule has 0 saturated carbocycles. The number of hydrogen-bond acceptors (Lipinski definition) is 3. The van der Waals surface area contributed by atoms with Crippen molar-refractivity contribution in [3.63, 3.8) is 0 Å². The van der Waals surface area contributed by atoms with Gasteiger partial charge in [0, 0.05) is 12.3 Å². The maximum atomic E-state index is 11.4. The van der Waals surface area contributed by atoms with E-state index in [0.717, 1.165) is 0 Å². The molecule has 0 aliphatic heterocycles. The second kappa shape index (κ2) is 3.71. The number of aromatic nitrogens is 3. The molecular weight excluding hydrogens is 246 g/mol. The number of rotatable bonds is 1. The average molecular weight is 252 g/mol. The molecule has 0 aromatic carbocycles. The molecule has 4 nitrogen and oxygen atoms in total. The minimum Gasteiger partial charge on any atom is -0.267 e. The maximum Gasteiger partial charge on any atom is 0.272 e. The lowest BCUT2D eigenvalue weighted by molar-refractivity contribution is 0.770. The van der Waals surface area contributed by atoms with Gasteiger partial charge in [-0.3, -0.25) is 4.79 Å². The van der Waals surface area contributed by atoms with E-state index in [1.54, 1.807) is 30.5 Å². The Balaban J connectivity index is 2.63. The molecule has 0 saturated heterocycles. The molecule has 0 aliphatic carbocycles. The first kappa shape index (κ1) is 9.08. The van der Waals surface area contributed by atoms with Crippen molar-refractivity contribution in [1.29, 1.82) is 0 Å². The Bertz CT molecular complexity index is 495. The molecule has 5 heteroatoms. The summed E-state index contributed by atoms with van der Waals surface area (Å²) in [5.74, 6) is 0.513. The number of nitrogens with zero attached hydrogens (tertiary/aromatic N) is 3. The van der Waals surface area contributed by atoms with E-state index in [0.29, 0.717) is 10.4 Å². The Kier molecular flexibility index (Phi) is 2.41. The fourth-order valence-electron chi connectivity index (χ4n) is 1.03. The highest BCUT2D eigenvalue weighted by Gasteiger charge is 2.01. The zero-order valence-electron chi connectivity index (χ0n) is 7.09. The molecule has 0 unspecified atom stereocenters. The first-order valence-electron chi connectivity index (χ1n) is 3.95. The van der Waals surface area contributed by atoms with Gasteiger partial charge in [-0.2, -0.15) is 9.78 Å². The fourth-order valence-corrected chi connectivity index (χ4v) is 1.32. The van der Waals surface area contributed by atoms with E-state index in [-0.39, 0.29) is 5.56 Å². The summed E-state index contributed by atoms with van der Waals surface area (Å²) in [5.41, 5.74) is -0.202. The zero-order valence-corrected chi connectivity index (χ0v) is 8.68. The molecule has 70 valence electrons. The summed E-state index contributed by atoms with van der Waals surface area (Å²) in [6, 6.07) is 8.35. The Morgan fingerprint density at radius 3 is 2.79 bits per heavy atom. The molecule has 2 aromatic rings. The van der Waals surface area contributed by atoms with Crippen LogP contribution < -0.4 is 5.56 Å². The quantitative estimate of drug-likeness (QED) is 0.770. The van der Waals surface area contributed by atoms with Gasteiger partial charge in [0.25, 0.3) is 5.56 Å². The minimum atomic E-state index is -0.202. The number of pyridine rings is 1. The Morgan fingerprint density at radius 2 is 2.07 bits per heavy atom. The van der Waals surface area contributed by atoms with Crippen LogP contribution in [0.4, 0.5) is 0 Å². The summed E-state index contributed by atoms with van der Waals surface area (Å²) < 4.78 is 1.84. The highest BCUT2D eigenvalue weighted by molar-refractivity contribution is 9.10. The third kappa shape index (κ3) is 1.72. The number of hydrogen-bond donors (Lipinski definition) is 0. The molecule has 0 radical (unpaired) electrons. The van der Waals surface area contributed by atoms with Gasteiger partial charge in [0.05, 0.1) is 0 Å².